The summed E-state index contributed by atoms with van der Waals surface area (Å²) in [6.45, 7) is 0. The Morgan fingerprint density at radius 2 is 0.323 bits per heavy atom. The maximum atomic E-state index is 2.35. The Morgan fingerprint density at radius 3 is 0.615 bits per heavy atom. The number of benzene rings is 16. The molecule has 0 saturated heterocycles. The summed E-state index contributed by atoms with van der Waals surface area (Å²) in [6, 6.07) is 144. The van der Waals surface area contributed by atoms with Gasteiger partial charge in [0.2, 0.25) is 0 Å². The standard InChI is InChI=1S/C92H66N4/c1-5-29-79(30-6-1)93(83-53-41-67(42-54-83)69-45-61-87(62-46-69)95(81-33-9-3-10-34-81)91-39-19-23-73-21-13-15-37-89(73)91)85-57-49-71(50-58-85)75-25-17-27-77(65-75)78-28-18-26-76(66-78)72-51-59-86(60-52-72)94(80-31-7-2-8-32-80)84-55-43-68(44-56-84)70-47-63-88(64-48-70)96(82-35-11-4-12-36-82)92-40-20-24-74-22-14-16-38-90(74)92/h1-66H. The molecular weight excluding hydrogens is 1160 g/mol. The first kappa shape index (κ1) is 58.3. The van der Waals surface area contributed by atoms with Gasteiger partial charge in [-0.05, 0) is 212 Å². The molecule has 0 aliphatic heterocycles. The van der Waals surface area contributed by atoms with Crippen molar-refractivity contribution in [2.75, 3.05) is 19.6 Å². The summed E-state index contributed by atoms with van der Waals surface area (Å²) in [5, 5.41) is 4.85. The molecule has 0 saturated carbocycles. The normalized spacial score (nSPS) is 11.1. The lowest BCUT2D eigenvalue weighted by Gasteiger charge is -2.27. The molecule has 16 aromatic rings. The van der Waals surface area contributed by atoms with Crippen LogP contribution in [0.2, 0.25) is 0 Å². The van der Waals surface area contributed by atoms with Crippen LogP contribution in [0.15, 0.2) is 400 Å². The molecule has 454 valence electrons. The van der Waals surface area contributed by atoms with Crippen molar-refractivity contribution in [1.82, 2.24) is 0 Å². The topological polar surface area (TPSA) is 13.0 Å². The number of fused-ring (bicyclic) bond motifs is 2. The van der Waals surface area contributed by atoms with Crippen LogP contribution in [-0.2, 0) is 0 Å². The van der Waals surface area contributed by atoms with Gasteiger partial charge in [-0.25, -0.2) is 0 Å². The van der Waals surface area contributed by atoms with E-state index in [2.05, 4.69) is 420 Å². The van der Waals surface area contributed by atoms with E-state index < -0.39 is 0 Å². The molecule has 0 aliphatic carbocycles. The zero-order valence-corrected chi connectivity index (χ0v) is 52.9. The van der Waals surface area contributed by atoms with Crippen LogP contribution in [0.4, 0.5) is 68.2 Å². The maximum Gasteiger partial charge on any atom is 0.0540 e. The highest BCUT2D eigenvalue weighted by Gasteiger charge is 2.20. The minimum atomic E-state index is 1.08. The second kappa shape index (κ2) is 26.5. The second-order valence-corrected chi connectivity index (χ2v) is 24.1. The lowest BCUT2D eigenvalue weighted by atomic mass is 9.96. The molecule has 4 nitrogen and oxygen atoms in total. The van der Waals surface area contributed by atoms with Crippen molar-refractivity contribution >= 4 is 89.8 Å². The van der Waals surface area contributed by atoms with E-state index in [0.717, 1.165) is 113 Å². The van der Waals surface area contributed by atoms with E-state index in [9.17, 15) is 0 Å². The lowest BCUT2D eigenvalue weighted by Crippen LogP contribution is -2.10. The van der Waals surface area contributed by atoms with Crippen LogP contribution in [0.1, 0.15) is 0 Å². The third-order valence-corrected chi connectivity index (χ3v) is 18.2. The molecule has 0 amide bonds. The average Bonchev–Trinajstić information content (AvgIpc) is 0.848. The summed E-state index contributed by atoms with van der Waals surface area (Å²) >= 11 is 0. The fourth-order valence-electron chi connectivity index (χ4n) is 13.4. The number of nitrogens with zero attached hydrogens (tertiary/aromatic N) is 4. The fraction of sp³-hybridized carbons (Fsp3) is 0. The molecule has 4 heteroatoms. The predicted octanol–water partition coefficient (Wildman–Crippen LogP) is 26.2. The minimum absolute atomic E-state index is 1.08. The van der Waals surface area contributed by atoms with Gasteiger partial charge < -0.3 is 19.6 Å². The summed E-state index contributed by atoms with van der Waals surface area (Å²) in [7, 11) is 0. The van der Waals surface area contributed by atoms with E-state index in [0.29, 0.717) is 0 Å². The van der Waals surface area contributed by atoms with Crippen molar-refractivity contribution in [2.24, 2.45) is 0 Å². The Hall–Kier alpha value is -12.8. The Labute approximate surface area is 562 Å². The van der Waals surface area contributed by atoms with Crippen LogP contribution in [0.3, 0.4) is 0 Å². The third kappa shape index (κ3) is 11.9. The molecule has 0 unspecified atom stereocenters. The average molecular weight is 1230 g/mol. The van der Waals surface area contributed by atoms with Gasteiger partial charge in [0.1, 0.15) is 0 Å². The zero-order valence-electron chi connectivity index (χ0n) is 52.9. The number of rotatable bonds is 17. The van der Waals surface area contributed by atoms with Gasteiger partial charge in [-0.2, -0.15) is 0 Å². The quantitative estimate of drug-likeness (QED) is 0.0901. The molecule has 0 aliphatic rings. The minimum Gasteiger partial charge on any atom is -0.311 e. The molecule has 0 aromatic heterocycles. The number of anilines is 12. The maximum absolute atomic E-state index is 2.35. The van der Waals surface area contributed by atoms with Gasteiger partial charge in [0, 0.05) is 67.6 Å². The van der Waals surface area contributed by atoms with E-state index >= 15 is 0 Å². The highest BCUT2D eigenvalue weighted by molar-refractivity contribution is 6.00. The number of hydrogen-bond donors (Lipinski definition) is 0. The summed E-state index contributed by atoms with van der Waals surface area (Å²) in [5.41, 5.74) is 24.8. The number of para-hydroxylation sites is 4. The van der Waals surface area contributed by atoms with Gasteiger partial charge in [-0.1, -0.05) is 255 Å². The third-order valence-electron chi connectivity index (χ3n) is 18.2. The summed E-state index contributed by atoms with van der Waals surface area (Å²) in [5.74, 6) is 0. The van der Waals surface area contributed by atoms with Crippen molar-refractivity contribution in [3.63, 3.8) is 0 Å². The fourth-order valence-corrected chi connectivity index (χ4v) is 13.4. The molecule has 0 spiro atoms. The number of hydrogen-bond acceptors (Lipinski definition) is 4. The Kier molecular flexibility index (Phi) is 16.1. The van der Waals surface area contributed by atoms with Crippen LogP contribution < -0.4 is 19.6 Å². The van der Waals surface area contributed by atoms with Gasteiger partial charge in [0.05, 0.1) is 11.4 Å². The van der Waals surface area contributed by atoms with Crippen LogP contribution in [0.25, 0.3) is 77.2 Å². The van der Waals surface area contributed by atoms with E-state index in [4.69, 9.17) is 0 Å². The Bertz CT molecular complexity index is 4950. The first-order chi connectivity index (χ1) is 47.6. The molecular formula is C92H66N4. The molecule has 16 aromatic carbocycles. The molecule has 0 N–H and O–H groups in total. The molecule has 96 heavy (non-hydrogen) atoms. The van der Waals surface area contributed by atoms with Crippen molar-refractivity contribution in [3.05, 3.63) is 400 Å². The van der Waals surface area contributed by atoms with Crippen molar-refractivity contribution in [3.8, 4) is 55.6 Å². The Balaban J connectivity index is 0.621. The second-order valence-electron chi connectivity index (χ2n) is 24.1. The SMILES string of the molecule is c1ccc(N(c2ccc(-c3ccc(N(c4ccccc4)c4cccc5ccccc45)cc3)cc2)c2ccc(-c3cccc(-c4cccc(-c5ccc(N(c6ccccc6)c6ccc(-c7ccc(N(c8ccccc8)c8cccc9ccccc89)cc7)cc6)cc5)c4)c3)cc2)cc1. The smallest absolute Gasteiger partial charge is 0.0540 e. The van der Waals surface area contributed by atoms with Gasteiger partial charge in [-0.15, -0.1) is 0 Å². The van der Waals surface area contributed by atoms with Gasteiger partial charge in [-0.3, -0.25) is 0 Å². The van der Waals surface area contributed by atoms with Gasteiger partial charge in [0.15, 0.2) is 0 Å². The highest BCUT2D eigenvalue weighted by Crippen LogP contribution is 2.44. The molecule has 0 fully saturated rings. The lowest BCUT2D eigenvalue weighted by molar-refractivity contribution is 1.28. The summed E-state index contributed by atoms with van der Waals surface area (Å²) in [6.07, 6.45) is 0. The van der Waals surface area contributed by atoms with Crippen LogP contribution in [0.5, 0.6) is 0 Å². The van der Waals surface area contributed by atoms with Gasteiger partial charge in [0.25, 0.3) is 0 Å². The molecule has 0 radical (unpaired) electrons. The largest absolute Gasteiger partial charge is 0.311 e. The molecule has 16 rings (SSSR count). The van der Waals surface area contributed by atoms with Crippen molar-refractivity contribution in [2.45, 2.75) is 0 Å². The predicted molar refractivity (Wildman–Crippen MR) is 407 cm³/mol. The van der Waals surface area contributed by atoms with Crippen molar-refractivity contribution in [1.29, 1.82) is 0 Å². The van der Waals surface area contributed by atoms with Gasteiger partial charge >= 0.3 is 0 Å². The van der Waals surface area contributed by atoms with Crippen LogP contribution >= 0.6 is 0 Å². The molecule has 0 heterocycles. The monoisotopic (exact) mass is 1230 g/mol. The van der Waals surface area contributed by atoms with E-state index in [1.807, 2.05) is 0 Å². The molecule has 0 bridgehead atoms. The van der Waals surface area contributed by atoms with E-state index in [-0.39, 0.29) is 0 Å². The first-order valence-electron chi connectivity index (χ1n) is 32.8. The Morgan fingerprint density at radius 1 is 0.125 bits per heavy atom. The van der Waals surface area contributed by atoms with E-state index in [1.165, 1.54) is 32.7 Å². The summed E-state index contributed by atoms with van der Waals surface area (Å²) in [4.78, 5) is 9.36. The van der Waals surface area contributed by atoms with Crippen LogP contribution in [0, 0.1) is 0 Å². The molecule has 0 atom stereocenters. The first-order valence-corrected chi connectivity index (χ1v) is 32.8. The zero-order chi connectivity index (χ0) is 64.0. The van der Waals surface area contributed by atoms with E-state index in [1.54, 1.807) is 0 Å². The van der Waals surface area contributed by atoms with Crippen LogP contribution in [-0.4, -0.2) is 0 Å². The van der Waals surface area contributed by atoms with Crippen molar-refractivity contribution < 1.29 is 0 Å². The summed E-state index contributed by atoms with van der Waals surface area (Å²) < 4.78 is 0. The highest BCUT2D eigenvalue weighted by atomic mass is 15.2.